The highest BCUT2D eigenvalue weighted by molar-refractivity contribution is 5.28. The van der Waals surface area contributed by atoms with Gasteiger partial charge in [0, 0.05) is 19.1 Å². The minimum Gasteiger partial charge on any atom is -0.491 e. The highest BCUT2D eigenvalue weighted by atomic mass is 16.5. The van der Waals surface area contributed by atoms with Gasteiger partial charge in [-0.15, -0.1) is 0 Å². The molecule has 0 radical (unpaired) electrons. The SMILES string of the molecule is CCN(CC(O)COc1cccc(CN)c1)C(C)C. The number of hydrogen-bond acceptors (Lipinski definition) is 4. The van der Waals surface area contributed by atoms with Crippen molar-refractivity contribution in [3.05, 3.63) is 29.8 Å². The van der Waals surface area contributed by atoms with E-state index in [1.807, 2.05) is 24.3 Å². The van der Waals surface area contributed by atoms with Crippen molar-refractivity contribution in [2.24, 2.45) is 5.73 Å². The molecule has 1 atom stereocenters. The molecule has 1 aromatic rings. The molecular formula is C15H26N2O2. The van der Waals surface area contributed by atoms with Gasteiger partial charge in [0.05, 0.1) is 0 Å². The monoisotopic (exact) mass is 266 g/mol. The average Bonchev–Trinajstić information content (AvgIpc) is 2.42. The van der Waals surface area contributed by atoms with Crippen LogP contribution in [0.4, 0.5) is 0 Å². The van der Waals surface area contributed by atoms with Gasteiger partial charge in [-0.2, -0.15) is 0 Å². The van der Waals surface area contributed by atoms with Crippen molar-refractivity contribution >= 4 is 0 Å². The van der Waals surface area contributed by atoms with Crippen LogP contribution >= 0.6 is 0 Å². The van der Waals surface area contributed by atoms with Crippen LogP contribution < -0.4 is 10.5 Å². The fraction of sp³-hybridized carbons (Fsp3) is 0.600. The molecule has 0 heterocycles. The lowest BCUT2D eigenvalue weighted by Crippen LogP contribution is -2.39. The summed E-state index contributed by atoms with van der Waals surface area (Å²) in [5, 5.41) is 10.00. The van der Waals surface area contributed by atoms with Gasteiger partial charge >= 0.3 is 0 Å². The van der Waals surface area contributed by atoms with Gasteiger partial charge in [-0.3, -0.25) is 4.90 Å². The van der Waals surface area contributed by atoms with Crippen LogP contribution in [0.15, 0.2) is 24.3 Å². The second kappa shape index (κ2) is 8.15. The van der Waals surface area contributed by atoms with Gasteiger partial charge in [0.1, 0.15) is 18.5 Å². The first-order valence-electron chi connectivity index (χ1n) is 6.90. The molecule has 0 fully saturated rings. The first-order valence-corrected chi connectivity index (χ1v) is 6.90. The van der Waals surface area contributed by atoms with Crippen LogP contribution in [-0.4, -0.2) is 41.8 Å². The van der Waals surface area contributed by atoms with Crippen LogP contribution in [0.2, 0.25) is 0 Å². The number of hydrogen-bond donors (Lipinski definition) is 2. The third kappa shape index (κ3) is 5.59. The minimum atomic E-state index is -0.483. The molecular weight excluding hydrogens is 240 g/mol. The number of aliphatic hydroxyl groups is 1. The fourth-order valence-electron chi connectivity index (χ4n) is 1.98. The van der Waals surface area contributed by atoms with Gasteiger partial charge in [0.15, 0.2) is 0 Å². The predicted octanol–water partition coefficient (Wildman–Crippen LogP) is 1.62. The number of likely N-dealkylation sites (N-methyl/N-ethyl adjacent to an activating group) is 1. The molecule has 4 heteroatoms. The molecule has 0 aliphatic rings. The van der Waals surface area contributed by atoms with Crippen LogP contribution in [0.3, 0.4) is 0 Å². The van der Waals surface area contributed by atoms with Crippen molar-refractivity contribution in [2.75, 3.05) is 19.7 Å². The van der Waals surface area contributed by atoms with Crippen LogP contribution in [0.25, 0.3) is 0 Å². The van der Waals surface area contributed by atoms with Crippen molar-refractivity contribution in [2.45, 2.75) is 39.5 Å². The van der Waals surface area contributed by atoms with E-state index in [-0.39, 0.29) is 0 Å². The second-order valence-corrected chi connectivity index (χ2v) is 5.00. The maximum Gasteiger partial charge on any atom is 0.119 e. The summed E-state index contributed by atoms with van der Waals surface area (Å²) < 4.78 is 5.60. The van der Waals surface area contributed by atoms with Crippen molar-refractivity contribution in [3.63, 3.8) is 0 Å². The summed E-state index contributed by atoms with van der Waals surface area (Å²) in [4.78, 5) is 2.21. The van der Waals surface area contributed by atoms with Gasteiger partial charge in [-0.05, 0) is 38.1 Å². The van der Waals surface area contributed by atoms with E-state index in [0.717, 1.165) is 17.9 Å². The van der Waals surface area contributed by atoms with Crippen molar-refractivity contribution < 1.29 is 9.84 Å². The predicted molar refractivity (Wildman–Crippen MR) is 78.2 cm³/mol. The summed E-state index contributed by atoms with van der Waals surface area (Å²) in [5.41, 5.74) is 6.61. The molecule has 0 aliphatic heterocycles. The Morgan fingerprint density at radius 1 is 1.37 bits per heavy atom. The summed E-state index contributed by atoms with van der Waals surface area (Å²) in [6.07, 6.45) is -0.483. The molecule has 1 rings (SSSR count). The number of benzene rings is 1. The number of rotatable bonds is 8. The summed E-state index contributed by atoms with van der Waals surface area (Å²) in [6.45, 7) is 8.71. The Morgan fingerprint density at radius 2 is 2.11 bits per heavy atom. The third-order valence-electron chi connectivity index (χ3n) is 3.16. The van der Waals surface area contributed by atoms with Crippen molar-refractivity contribution in [1.29, 1.82) is 0 Å². The van der Waals surface area contributed by atoms with Gasteiger partial charge in [0.25, 0.3) is 0 Å². The molecule has 0 amide bonds. The molecule has 4 nitrogen and oxygen atoms in total. The minimum absolute atomic E-state index is 0.303. The van der Waals surface area contributed by atoms with Crippen LogP contribution in [-0.2, 0) is 6.54 Å². The lowest BCUT2D eigenvalue weighted by atomic mass is 10.2. The topological polar surface area (TPSA) is 58.7 Å². The van der Waals surface area contributed by atoms with E-state index < -0.39 is 6.10 Å². The molecule has 0 saturated carbocycles. The number of aliphatic hydroxyl groups excluding tert-OH is 1. The number of nitrogens with two attached hydrogens (primary N) is 1. The zero-order valence-corrected chi connectivity index (χ0v) is 12.2. The van der Waals surface area contributed by atoms with Crippen LogP contribution in [0.5, 0.6) is 5.75 Å². The van der Waals surface area contributed by atoms with E-state index in [2.05, 4.69) is 25.7 Å². The average molecular weight is 266 g/mol. The fourth-order valence-corrected chi connectivity index (χ4v) is 1.98. The lowest BCUT2D eigenvalue weighted by molar-refractivity contribution is 0.0597. The van der Waals surface area contributed by atoms with Crippen molar-refractivity contribution in [3.8, 4) is 5.75 Å². The largest absolute Gasteiger partial charge is 0.491 e. The van der Waals surface area contributed by atoms with E-state index >= 15 is 0 Å². The van der Waals surface area contributed by atoms with E-state index in [1.54, 1.807) is 0 Å². The molecule has 0 saturated heterocycles. The molecule has 0 aromatic heterocycles. The van der Waals surface area contributed by atoms with Gasteiger partial charge in [0.2, 0.25) is 0 Å². The molecule has 19 heavy (non-hydrogen) atoms. The Balaban J connectivity index is 2.42. The molecule has 0 spiro atoms. The zero-order chi connectivity index (χ0) is 14.3. The van der Waals surface area contributed by atoms with E-state index in [9.17, 15) is 5.11 Å². The summed E-state index contributed by atoms with van der Waals surface area (Å²) >= 11 is 0. The second-order valence-electron chi connectivity index (χ2n) is 5.00. The van der Waals surface area contributed by atoms with Crippen LogP contribution in [0, 0.1) is 0 Å². The first-order chi connectivity index (χ1) is 9.06. The number of nitrogens with zero attached hydrogens (tertiary/aromatic N) is 1. The molecule has 0 aliphatic carbocycles. The van der Waals surface area contributed by atoms with Crippen molar-refractivity contribution in [1.82, 2.24) is 4.90 Å². The normalized spacial score (nSPS) is 13.0. The Bertz CT molecular complexity index is 369. The number of ether oxygens (including phenoxy) is 1. The Labute approximate surface area is 116 Å². The summed E-state index contributed by atoms with van der Waals surface area (Å²) in [5.74, 6) is 0.759. The highest BCUT2D eigenvalue weighted by Crippen LogP contribution is 2.13. The molecule has 1 unspecified atom stereocenters. The van der Waals surface area contributed by atoms with E-state index in [0.29, 0.717) is 25.7 Å². The summed E-state index contributed by atoms with van der Waals surface area (Å²) in [6, 6.07) is 8.09. The molecule has 3 N–H and O–H groups in total. The zero-order valence-electron chi connectivity index (χ0n) is 12.2. The standard InChI is InChI=1S/C15H26N2O2/c1-4-17(12(2)3)10-14(18)11-19-15-7-5-6-13(8-15)9-16/h5-8,12,14,18H,4,9-11,16H2,1-3H3. The first kappa shape index (κ1) is 16.0. The Morgan fingerprint density at radius 3 is 2.68 bits per heavy atom. The maximum atomic E-state index is 10.00. The van der Waals surface area contributed by atoms with Gasteiger partial charge in [-0.1, -0.05) is 19.1 Å². The quantitative estimate of drug-likeness (QED) is 0.750. The van der Waals surface area contributed by atoms with Crippen LogP contribution in [0.1, 0.15) is 26.3 Å². The third-order valence-corrected chi connectivity index (χ3v) is 3.16. The summed E-state index contributed by atoms with van der Waals surface area (Å²) in [7, 11) is 0. The van der Waals surface area contributed by atoms with Gasteiger partial charge < -0.3 is 15.6 Å². The maximum absolute atomic E-state index is 10.00. The Hall–Kier alpha value is -1.10. The highest BCUT2D eigenvalue weighted by Gasteiger charge is 2.13. The van der Waals surface area contributed by atoms with E-state index in [1.165, 1.54) is 0 Å². The van der Waals surface area contributed by atoms with E-state index in [4.69, 9.17) is 10.5 Å². The molecule has 108 valence electrons. The molecule has 1 aromatic carbocycles. The molecule has 0 bridgehead atoms. The van der Waals surface area contributed by atoms with Gasteiger partial charge in [-0.25, -0.2) is 0 Å². The Kier molecular flexibility index (Phi) is 6.84. The lowest BCUT2D eigenvalue weighted by Gasteiger charge is -2.27. The smallest absolute Gasteiger partial charge is 0.119 e.